The summed E-state index contributed by atoms with van der Waals surface area (Å²) in [5.74, 6) is 0. The standard InChI is InChI=1S/C12H19N3O2S/c1-2-12(6-4-7-12)15-18(16,17)11-5-3-8-14-10(11)9-13/h3,5,8,15H,2,4,6-7,9,13H2,1H3. The van der Waals surface area contributed by atoms with Crippen molar-refractivity contribution in [3.63, 3.8) is 0 Å². The quantitative estimate of drug-likeness (QED) is 0.839. The minimum absolute atomic E-state index is 0.121. The molecule has 0 radical (unpaired) electrons. The van der Waals surface area contributed by atoms with Crippen LogP contribution in [0.3, 0.4) is 0 Å². The van der Waals surface area contributed by atoms with E-state index in [0.717, 1.165) is 25.7 Å². The van der Waals surface area contributed by atoms with Crippen molar-refractivity contribution in [3.05, 3.63) is 24.0 Å². The predicted molar refractivity (Wildman–Crippen MR) is 69.3 cm³/mol. The van der Waals surface area contributed by atoms with Crippen LogP contribution in [0.4, 0.5) is 0 Å². The molecule has 0 amide bonds. The van der Waals surface area contributed by atoms with E-state index in [4.69, 9.17) is 5.73 Å². The van der Waals surface area contributed by atoms with Crippen LogP contribution in [-0.4, -0.2) is 18.9 Å². The van der Waals surface area contributed by atoms with Gasteiger partial charge in [-0.3, -0.25) is 4.98 Å². The first-order valence-electron chi connectivity index (χ1n) is 6.21. The maximum Gasteiger partial charge on any atom is 0.242 e. The summed E-state index contributed by atoms with van der Waals surface area (Å²) in [5.41, 5.74) is 5.68. The van der Waals surface area contributed by atoms with Gasteiger partial charge in [0.05, 0.1) is 5.69 Å². The van der Waals surface area contributed by atoms with Gasteiger partial charge < -0.3 is 5.73 Å². The number of sulfonamides is 1. The third-order valence-corrected chi connectivity index (χ3v) is 5.32. The first-order chi connectivity index (χ1) is 8.53. The number of hydrogen-bond acceptors (Lipinski definition) is 4. The lowest BCUT2D eigenvalue weighted by Gasteiger charge is -2.41. The van der Waals surface area contributed by atoms with E-state index in [2.05, 4.69) is 9.71 Å². The third-order valence-electron chi connectivity index (χ3n) is 3.67. The van der Waals surface area contributed by atoms with Gasteiger partial charge in [-0.05, 0) is 37.8 Å². The number of nitrogens with one attached hydrogen (secondary N) is 1. The lowest BCUT2D eigenvalue weighted by atomic mass is 9.76. The molecule has 1 aromatic rings. The van der Waals surface area contributed by atoms with Crippen LogP contribution in [0.25, 0.3) is 0 Å². The van der Waals surface area contributed by atoms with E-state index in [1.54, 1.807) is 18.3 Å². The molecule has 0 unspecified atom stereocenters. The van der Waals surface area contributed by atoms with Gasteiger partial charge in [0.15, 0.2) is 0 Å². The fourth-order valence-electron chi connectivity index (χ4n) is 2.29. The Bertz CT molecular complexity index is 518. The Morgan fingerprint density at radius 3 is 2.72 bits per heavy atom. The highest BCUT2D eigenvalue weighted by Crippen LogP contribution is 2.36. The zero-order valence-corrected chi connectivity index (χ0v) is 11.3. The fraction of sp³-hybridized carbons (Fsp3) is 0.583. The van der Waals surface area contributed by atoms with Crippen LogP contribution in [0.5, 0.6) is 0 Å². The molecular formula is C12H19N3O2S. The van der Waals surface area contributed by atoms with Crippen LogP contribution in [0.1, 0.15) is 38.3 Å². The molecular weight excluding hydrogens is 250 g/mol. The molecule has 2 rings (SSSR count). The molecule has 1 fully saturated rings. The van der Waals surface area contributed by atoms with E-state index in [1.807, 2.05) is 6.92 Å². The molecule has 6 heteroatoms. The molecule has 1 aromatic heterocycles. The summed E-state index contributed by atoms with van der Waals surface area (Å²) in [6.45, 7) is 2.13. The van der Waals surface area contributed by atoms with Crippen molar-refractivity contribution in [1.29, 1.82) is 0 Å². The monoisotopic (exact) mass is 269 g/mol. The van der Waals surface area contributed by atoms with Crippen molar-refractivity contribution < 1.29 is 8.42 Å². The second kappa shape index (κ2) is 4.95. The van der Waals surface area contributed by atoms with Crippen molar-refractivity contribution in [2.45, 2.75) is 49.6 Å². The minimum Gasteiger partial charge on any atom is -0.325 e. The van der Waals surface area contributed by atoms with Gasteiger partial charge in [-0.15, -0.1) is 0 Å². The zero-order chi connectivity index (χ0) is 13.2. The SMILES string of the molecule is CCC1(NS(=O)(=O)c2cccnc2CN)CCC1. The Labute approximate surface area is 108 Å². The molecule has 0 atom stereocenters. The van der Waals surface area contributed by atoms with E-state index < -0.39 is 10.0 Å². The van der Waals surface area contributed by atoms with E-state index >= 15 is 0 Å². The Morgan fingerprint density at radius 1 is 1.50 bits per heavy atom. The Morgan fingerprint density at radius 2 is 2.22 bits per heavy atom. The van der Waals surface area contributed by atoms with Crippen LogP contribution in [-0.2, 0) is 16.6 Å². The highest BCUT2D eigenvalue weighted by atomic mass is 32.2. The highest BCUT2D eigenvalue weighted by molar-refractivity contribution is 7.89. The Balaban J connectivity index is 2.31. The molecule has 1 saturated carbocycles. The molecule has 1 aliphatic rings. The summed E-state index contributed by atoms with van der Waals surface area (Å²) in [6, 6.07) is 3.17. The lowest BCUT2D eigenvalue weighted by Crippen LogP contribution is -2.52. The van der Waals surface area contributed by atoms with E-state index in [-0.39, 0.29) is 17.0 Å². The van der Waals surface area contributed by atoms with Gasteiger partial charge in [0.25, 0.3) is 0 Å². The molecule has 18 heavy (non-hydrogen) atoms. The second-order valence-corrected chi connectivity index (χ2v) is 6.40. The molecule has 1 aliphatic carbocycles. The van der Waals surface area contributed by atoms with Gasteiger partial charge in [0, 0.05) is 18.3 Å². The summed E-state index contributed by atoms with van der Waals surface area (Å²) in [4.78, 5) is 4.22. The summed E-state index contributed by atoms with van der Waals surface area (Å²) in [7, 11) is -3.53. The van der Waals surface area contributed by atoms with Crippen molar-refractivity contribution in [1.82, 2.24) is 9.71 Å². The fourth-order valence-corrected chi connectivity index (χ4v) is 4.03. The highest BCUT2D eigenvalue weighted by Gasteiger charge is 2.39. The van der Waals surface area contributed by atoms with Gasteiger partial charge >= 0.3 is 0 Å². The Hall–Kier alpha value is -0.980. The largest absolute Gasteiger partial charge is 0.325 e. The van der Waals surface area contributed by atoms with Gasteiger partial charge in [0.2, 0.25) is 10.0 Å². The van der Waals surface area contributed by atoms with E-state index in [0.29, 0.717) is 5.69 Å². The number of pyridine rings is 1. The maximum absolute atomic E-state index is 12.4. The van der Waals surface area contributed by atoms with Crippen molar-refractivity contribution in [2.75, 3.05) is 0 Å². The molecule has 3 N–H and O–H groups in total. The van der Waals surface area contributed by atoms with Crippen molar-refractivity contribution in [3.8, 4) is 0 Å². The number of nitrogens with zero attached hydrogens (tertiary/aromatic N) is 1. The van der Waals surface area contributed by atoms with Gasteiger partial charge in [-0.1, -0.05) is 6.92 Å². The van der Waals surface area contributed by atoms with E-state index in [9.17, 15) is 8.42 Å². The molecule has 0 bridgehead atoms. The second-order valence-electron chi connectivity index (χ2n) is 4.75. The Kier molecular flexibility index (Phi) is 3.70. The average Bonchev–Trinajstić information content (AvgIpc) is 2.34. The molecule has 0 aliphatic heterocycles. The lowest BCUT2D eigenvalue weighted by molar-refractivity contribution is 0.214. The first kappa shape index (κ1) is 13.5. The maximum atomic E-state index is 12.4. The first-order valence-corrected chi connectivity index (χ1v) is 7.69. The van der Waals surface area contributed by atoms with Gasteiger partial charge in [-0.2, -0.15) is 0 Å². The summed E-state index contributed by atoms with van der Waals surface area (Å²) in [6.07, 6.45) is 5.25. The summed E-state index contributed by atoms with van der Waals surface area (Å²) >= 11 is 0. The number of hydrogen-bond donors (Lipinski definition) is 2. The third kappa shape index (κ3) is 2.41. The molecule has 5 nitrogen and oxygen atoms in total. The van der Waals surface area contributed by atoms with Crippen molar-refractivity contribution >= 4 is 10.0 Å². The zero-order valence-electron chi connectivity index (χ0n) is 10.5. The van der Waals surface area contributed by atoms with Crippen LogP contribution in [0.15, 0.2) is 23.2 Å². The van der Waals surface area contributed by atoms with Crippen LogP contribution < -0.4 is 10.5 Å². The molecule has 0 spiro atoms. The van der Waals surface area contributed by atoms with Gasteiger partial charge in [-0.25, -0.2) is 13.1 Å². The molecule has 1 heterocycles. The molecule has 100 valence electrons. The minimum atomic E-state index is -3.53. The number of nitrogens with two attached hydrogens (primary N) is 1. The number of rotatable bonds is 5. The smallest absolute Gasteiger partial charge is 0.242 e. The molecule has 0 aromatic carbocycles. The normalized spacial score (nSPS) is 18.3. The summed E-state index contributed by atoms with van der Waals surface area (Å²) in [5, 5.41) is 0. The topological polar surface area (TPSA) is 85.1 Å². The summed E-state index contributed by atoms with van der Waals surface area (Å²) < 4.78 is 27.6. The average molecular weight is 269 g/mol. The van der Waals surface area contributed by atoms with Crippen molar-refractivity contribution in [2.24, 2.45) is 5.73 Å². The molecule has 0 saturated heterocycles. The van der Waals surface area contributed by atoms with Gasteiger partial charge in [0.1, 0.15) is 4.90 Å². The van der Waals surface area contributed by atoms with Crippen LogP contribution in [0.2, 0.25) is 0 Å². The van der Waals surface area contributed by atoms with E-state index in [1.165, 1.54) is 0 Å². The number of aromatic nitrogens is 1. The van der Waals surface area contributed by atoms with Crippen LogP contribution >= 0.6 is 0 Å². The predicted octanol–water partition coefficient (Wildman–Crippen LogP) is 1.15. The van der Waals surface area contributed by atoms with Crippen LogP contribution in [0, 0.1) is 0 Å².